The Hall–Kier alpha value is -1.34. The second-order valence-corrected chi connectivity index (χ2v) is 5.88. The van der Waals surface area contributed by atoms with E-state index in [-0.39, 0.29) is 0 Å². The quantitative estimate of drug-likeness (QED) is 0.906. The summed E-state index contributed by atoms with van der Waals surface area (Å²) in [6.45, 7) is 5.10. The van der Waals surface area contributed by atoms with E-state index in [1.165, 1.54) is 0 Å². The van der Waals surface area contributed by atoms with E-state index >= 15 is 0 Å². The van der Waals surface area contributed by atoms with Crippen LogP contribution in [0.25, 0.3) is 0 Å². The van der Waals surface area contributed by atoms with Gasteiger partial charge in [0.05, 0.1) is 29.7 Å². The van der Waals surface area contributed by atoms with Crippen LogP contribution in [0.4, 0.5) is 0 Å². The third kappa shape index (κ3) is 2.66. The fourth-order valence-electron chi connectivity index (χ4n) is 3.27. The highest BCUT2D eigenvalue weighted by molar-refractivity contribution is 5.16. The van der Waals surface area contributed by atoms with Crippen LogP contribution in [0.15, 0.2) is 12.5 Å². The first-order chi connectivity index (χ1) is 9.13. The number of aliphatic hydroxyl groups is 1. The van der Waals surface area contributed by atoms with Gasteiger partial charge in [0.15, 0.2) is 0 Å². The van der Waals surface area contributed by atoms with E-state index in [4.69, 9.17) is 0 Å². The van der Waals surface area contributed by atoms with Gasteiger partial charge in [0.1, 0.15) is 6.10 Å². The number of aliphatic hydroxyl groups excluding tert-OH is 1. The summed E-state index contributed by atoms with van der Waals surface area (Å²) in [7, 11) is 0. The average Bonchev–Trinajstić information content (AvgIpc) is 2.86. The highest BCUT2D eigenvalue weighted by atomic mass is 16.3. The normalized spacial score (nSPS) is 28.8. The first-order valence-electron chi connectivity index (χ1n) is 7.22. The van der Waals surface area contributed by atoms with E-state index < -0.39 is 11.5 Å². The van der Waals surface area contributed by atoms with Gasteiger partial charge in [-0.1, -0.05) is 26.7 Å². The van der Waals surface area contributed by atoms with E-state index in [0.29, 0.717) is 5.92 Å². The number of nitrogens with zero attached hydrogens (tertiary/aromatic N) is 3. The van der Waals surface area contributed by atoms with Crippen molar-refractivity contribution < 1.29 is 5.11 Å². The molecular weight excluding hydrogens is 238 g/mol. The molecule has 1 heterocycles. The van der Waals surface area contributed by atoms with Crippen LogP contribution in [0.1, 0.15) is 57.7 Å². The summed E-state index contributed by atoms with van der Waals surface area (Å²) in [5, 5.41) is 20.3. The first kappa shape index (κ1) is 14.1. The molecule has 1 aromatic rings. The number of aromatic nitrogens is 2. The molecule has 1 aliphatic carbocycles. The Balaban J connectivity index is 2.27. The van der Waals surface area contributed by atoms with E-state index in [1.807, 2.05) is 4.57 Å². The van der Waals surface area contributed by atoms with Gasteiger partial charge < -0.3 is 9.67 Å². The summed E-state index contributed by atoms with van der Waals surface area (Å²) in [5.41, 5.74) is 0.154. The second-order valence-electron chi connectivity index (χ2n) is 5.88. The van der Waals surface area contributed by atoms with Crippen LogP contribution in [-0.2, 0) is 6.54 Å². The van der Waals surface area contributed by atoms with Gasteiger partial charge in [0.25, 0.3) is 0 Å². The smallest absolute Gasteiger partial charge is 0.114 e. The fourth-order valence-corrected chi connectivity index (χ4v) is 3.27. The Morgan fingerprint density at radius 3 is 3.11 bits per heavy atom. The topological polar surface area (TPSA) is 61.8 Å². The fraction of sp³-hybridized carbons (Fsp3) is 0.733. The number of rotatable bonds is 4. The van der Waals surface area contributed by atoms with Gasteiger partial charge in [0, 0.05) is 6.54 Å². The Bertz CT molecular complexity index is 462. The zero-order valence-electron chi connectivity index (χ0n) is 11.8. The minimum atomic E-state index is -0.728. The highest BCUT2D eigenvalue weighted by Crippen LogP contribution is 2.47. The molecule has 1 saturated carbocycles. The molecule has 0 saturated heterocycles. The van der Waals surface area contributed by atoms with Gasteiger partial charge in [0.2, 0.25) is 0 Å². The lowest BCUT2D eigenvalue weighted by Crippen LogP contribution is -2.34. The number of hydrogen-bond acceptors (Lipinski definition) is 3. The maximum atomic E-state index is 10.7. The standard InChI is InChI=1S/C15H23N3O/c1-3-7-18-11-17-9-13(18)14(19)15(10-16)6-4-5-12(2)8-15/h9,11-12,14,19H,3-8H2,1-2H3. The Morgan fingerprint density at radius 2 is 2.47 bits per heavy atom. The number of hydrogen-bond donors (Lipinski definition) is 1. The van der Waals surface area contributed by atoms with Crippen molar-refractivity contribution in [3.63, 3.8) is 0 Å². The van der Waals surface area contributed by atoms with Crippen LogP contribution < -0.4 is 0 Å². The second kappa shape index (κ2) is 5.75. The Morgan fingerprint density at radius 1 is 1.68 bits per heavy atom. The van der Waals surface area contributed by atoms with Crippen molar-refractivity contribution in [1.29, 1.82) is 5.26 Å². The van der Waals surface area contributed by atoms with Gasteiger partial charge in [-0.2, -0.15) is 5.26 Å². The molecule has 0 radical (unpaired) electrons. The van der Waals surface area contributed by atoms with E-state index in [0.717, 1.165) is 44.3 Å². The summed E-state index contributed by atoms with van der Waals surface area (Å²) in [6, 6.07) is 2.41. The molecule has 3 atom stereocenters. The molecule has 4 nitrogen and oxygen atoms in total. The van der Waals surface area contributed by atoms with Gasteiger partial charge in [-0.25, -0.2) is 4.98 Å². The lowest BCUT2D eigenvalue weighted by molar-refractivity contribution is 0.0165. The maximum Gasteiger partial charge on any atom is 0.114 e. The summed E-state index contributed by atoms with van der Waals surface area (Å²) >= 11 is 0. The lowest BCUT2D eigenvalue weighted by Gasteiger charge is -2.38. The zero-order chi connectivity index (χ0) is 13.9. The molecule has 0 amide bonds. The first-order valence-corrected chi connectivity index (χ1v) is 7.22. The van der Waals surface area contributed by atoms with Crippen LogP contribution in [0.2, 0.25) is 0 Å². The SMILES string of the molecule is CCCn1cncc1C(O)C1(C#N)CCCC(C)C1. The van der Waals surface area contributed by atoms with E-state index in [1.54, 1.807) is 12.5 Å². The molecule has 1 fully saturated rings. The third-order valence-corrected chi connectivity index (χ3v) is 4.27. The van der Waals surface area contributed by atoms with Crippen LogP contribution in [-0.4, -0.2) is 14.7 Å². The van der Waals surface area contributed by atoms with Crippen LogP contribution in [0, 0.1) is 22.7 Å². The Labute approximate surface area is 115 Å². The van der Waals surface area contributed by atoms with Crippen LogP contribution >= 0.6 is 0 Å². The van der Waals surface area contributed by atoms with Crippen molar-refractivity contribution in [3.8, 4) is 6.07 Å². The summed E-state index contributed by atoms with van der Waals surface area (Å²) in [6.07, 6.45) is 7.46. The van der Waals surface area contributed by atoms with E-state index in [2.05, 4.69) is 24.9 Å². The van der Waals surface area contributed by atoms with Crippen molar-refractivity contribution in [2.24, 2.45) is 11.3 Å². The molecule has 3 unspecified atom stereocenters. The van der Waals surface area contributed by atoms with Gasteiger partial charge in [-0.3, -0.25) is 0 Å². The number of nitriles is 1. The summed E-state index contributed by atoms with van der Waals surface area (Å²) in [5.74, 6) is 0.505. The zero-order valence-corrected chi connectivity index (χ0v) is 11.8. The molecule has 1 N–H and O–H groups in total. The number of imidazole rings is 1. The highest BCUT2D eigenvalue weighted by Gasteiger charge is 2.43. The monoisotopic (exact) mass is 261 g/mol. The molecule has 19 heavy (non-hydrogen) atoms. The minimum Gasteiger partial charge on any atom is -0.385 e. The number of aryl methyl sites for hydroxylation is 1. The molecule has 0 spiro atoms. The van der Waals surface area contributed by atoms with Crippen molar-refractivity contribution in [1.82, 2.24) is 9.55 Å². The molecule has 0 bridgehead atoms. The predicted octanol–water partition coefficient (Wildman–Crippen LogP) is 3.05. The van der Waals surface area contributed by atoms with E-state index in [9.17, 15) is 10.4 Å². The molecule has 2 rings (SSSR count). The molecule has 4 heteroatoms. The lowest BCUT2D eigenvalue weighted by atomic mass is 9.67. The Kier molecular flexibility index (Phi) is 4.26. The summed E-state index contributed by atoms with van der Waals surface area (Å²) < 4.78 is 1.98. The maximum absolute atomic E-state index is 10.7. The van der Waals surface area contributed by atoms with Crippen molar-refractivity contribution in [2.75, 3.05) is 0 Å². The van der Waals surface area contributed by atoms with Gasteiger partial charge >= 0.3 is 0 Å². The predicted molar refractivity (Wildman–Crippen MR) is 73.2 cm³/mol. The summed E-state index contributed by atoms with van der Waals surface area (Å²) in [4.78, 5) is 4.13. The molecule has 1 aromatic heterocycles. The van der Waals surface area contributed by atoms with Crippen molar-refractivity contribution >= 4 is 0 Å². The largest absolute Gasteiger partial charge is 0.385 e. The van der Waals surface area contributed by atoms with Gasteiger partial charge in [-0.05, 0) is 25.2 Å². The molecule has 0 aromatic carbocycles. The average molecular weight is 261 g/mol. The minimum absolute atomic E-state index is 0.505. The third-order valence-electron chi connectivity index (χ3n) is 4.27. The molecular formula is C15H23N3O. The van der Waals surface area contributed by atoms with Crippen LogP contribution in [0.5, 0.6) is 0 Å². The molecule has 0 aliphatic heterocycles. The van der Waals surface area contributed by atoms with Gasteiger partial charge in [-0.15, -0.1) is 0 Å². The van der Waals surface area contributed by atoms with Crippen molar-refractivity contribution in [3.05, 3.63) is 18.2 Å². The molecule has 1 aliphatic rings. The molecule has 104 valence electrons. The van der Waals surface area contributed by atoms with Crippen LogP contribution in [0.3, 0.4) is 0 Å². The van der Waals surface area contributed by atoms with Crippen molar-refractivity contribution in [2.45, 2.75) is 58.6 Å².